The molecule has 1 aliphatic carbocycles. The molecule has 2 rings (SSSR count). The highest BCUT2D eigenvalue weighted by molar-refractivity contribution is 7.92. The Labute approximate surface area is 96.6 Å². The molecule has 1 fully saturated rings. The lowest BCUT2D eigenvalue weighted by Gasteiger charge is -2.12. The molecule has 0 radical (unpaired) electrons. The van der Waals surface area contributed by atoms with Gasteiger partial charge in [0.1, 0.15) is 0 Å². The molecule has 0 aromatic heterocycles. The second-order valence-corrected chi connectivity index (χ2v) is 6.70. The molecule has 2 N–H and O–H groups in total. The Morgan fingerprint density at radius 3 is 2.44 bits per heavy atom. The third-order valence-corrected chi connectivity index (χ3v) is 5.58. The summed E-state index contributed by atoms with van der Waals surface area (Å²) in [6.45, 7) is 1.88. The molecule has 0 amide bonds. The van der Waals surface area contributed by atoms with Gasteiger partial charge >= 0.3 is 0 Å². The monoisotopic (exact) mass is 239 g/mol. The Kier molecular flexibility index (Phi) is 2.93. The number of sulfone groups is 1. The van der Waals surface area contributed by atoms with Gasteiger partial charge < -0.3 is 5.73 Å². The third kappa shape index (κ3) is 1.94. The largest absolute Gasteiger partial charge is 0.398 e. The van der Waals surface area contributed by atoms with Crippen molar-refractivity contribution in [3.8, 4) is 0 Å². The van der Waals surface area contributed by atoms with E-state index in [4.69, 9.17) is 5.73 Å². The standard InChI is InChI=1S/C12H17NO2S/c1-9-6-7-11(8-12(9)13)16(14,15)10-4-2-3-5-10/h6-8,10H,2-5,13H2,1H3. The van der Waals surface area contributed by atoms with E-state index >= 15 is 0 Å². The minimum absolute atomic E-state index is 0.199. The molecule has 16 heavy (non-hydrogen) atoms. The van der Waals surface area contributed by atoms with Crippen molar-refractivity contribution in [1.29, 1.82) is 0 Å². The van der Waals surface area contributed by atoms with Crippen LogP contribution in [0.4, 0.5) is 5.69 Å². The van der Waals surface area contributed by atoms with Crippen molar-refractivity contribution in [2.75, 3.05) is 5.73 Å². The molecule has 1 aromatic carbocycles. The third-order valence-electron chi connectivity index (χ3n) is 3.32. The van der Waals surface area contributed by atoms with E-state index in [1.165, 1.54) is 0 Å². The predicted molar refractivity (Wildman–Crippen MR) is 65.0 cm³/mol. The summed E-state index contributed by atoms with van der Waals surface area (Å²) < 4.78 is 24.5. The maximum Gasteiger partial charge on any atom is 0.181 e. The van der Waals surface area contributed by atoms with Crippen molar-refractivity contribution in [2.24, 2.45) is 0 Å². The summed E-state index contributed by atoms with van der Waals surface area (Å²) in [5.41, 5.74) is 7.23. The number of rotatable bonds is 2. The Balaban J connectivity index is 2.39. The predicted octanol–water partition coefficient (Wildman–Crippen LogP) is 2.29. The maximum absolute atomic E-state index is 12.2. The van der Waals surface area contributed by atoms with Crippen LogP contribution in [0.25, 0.3) is 0 Å². The van der Waals surface area contributed by atoms with Crippen LogP contribution in [-0.2, 0) is 9.84 Å². The lowest BCUT2D eigenvalue weighted by atomic mass is 10.2. The van der Waals surface area contributed by atoms with Crippen molar-refractivity contribution >= 4 is 15.5 Å². The van der Waals surface area contributed by atoms with E-state index in [0.29, 0.717) is 10.6 Å². The molecule has 1 aliphatic rings. The highest BCUT2D eigenvalue weighted by atomic mass is 32.2. The van der Waals surface area contributed by atoms with Crippen molar-refractivity contribution in [2.45, 2.75) is 42.8 Å². The van der Waals surface area contributed by atoms with E-state index in [9.17, 15) is 8.42 Å². The first-order valence-electron chi connectivity index (χ1n) is 5.62. The van der Waals surface area contributed by atoms with Crippen molar-refractivity contribution < 1.29 is 8.42 Å². The van der Waals surface area contributed by atoms with Gasteiger partial charge in [0, 0.05) is 5.69 Å². The molecule has 0 heterocycles. The number of hydrogen-bond donors (Lipinski definition) is 1. The van der Waals surface area contributed by atoms with Gasteiger partial charge in [0.05, 0.1) is 10.1 Å². The van der Waals surface area contributed by atoms with Crippen LogP contribution in [0.15, 0.2) is 23.1 Å². The van der Waals surface area contributed by atoms with E-state index in [2.05, 4.69) is 0 Å². The Morgan fingerprint density at radius 2 is 1.88 bits per heavy atom. The van der Waals surface area contributed by atoms with Gasteiger partial charge in [-0.3, -0.25) is 0 Å². The molecule has 88 valence electrons. The number of benzene rings is 1. The van der Waals surface area contributed by atoms with Crippen LogP contribution in [0.2, 0.25) is 0 Å². The Morgan fingerprint density at radius 1 is 1.25 bits per heavy atom. The summed E-state index contributed by atoms with van der Waals surface area (Å²) in [6.07, 6.45) is 3.61. The summed E-state index contributed by atoms with van der Waals surface area (Å²) in [6, 6.07) is 5.03. The van der Waals surface area contributed by atoms with Gasteiger partial charge in [-0.05, 0) is 37.5 Å². The smallest absolute Gasteiger partial charge is 0.181 e. The van der Waals surface area contributed by atoms with Crippen LogP contribution >= 0.6 is 0 Å². The SMILES string of the molecule is Cc1ccc(S(=O)(=O)C2CCCC2)cc1N. The van der Waals surface area contributed by atoms with Gasteiger partial charge in [-0.15, -0.1) is 0 Å². The summed E-state index contributed by atoms with van der Waals surface area (Å²) >= 11 is 0. The molecule has 0 unspecified atom stereocenters. The fourth-order valence-corrected chi connectivity index (χ4v) is 4.07. The van der Waals surface area contributed by atoms with E-state index in [-0.39, 0.29) is 5.25 Å². The first-order chi connectivity index (χ1) is 7.51. The Hall–Kier alpha value is -1.03. The minimum Gasteiger partial charge on any atom is -0.398 e. The van der Waals surface area contributed by atoms with Gasteiger partial charge in [-0.2, -0.15) is 0 Å². The zero-order valence-electron chi connectivity index (χ0n) is 9.44. The molecule has 0 bridgehead atoms. The highest BCUT2D eigenvalue weighted by Crippen LogP contribution is 2.30. The number of nitrogen functional groups attached to an aromatic ring is 1. The molecule has 3 nitrogen and oxygen atoms in total. The summed E-state index contributed by atoms with van der Waals surface area (Å²) in [4.78, 5) is 0.377. The number of anilines is 1. The number of hydrogen-bond acceptors (Lipinski definition) is 3. The topological polar surface area (TPSA) is 60.2 Å². The van der Waals surface area contributed by atoms with Crippen LogP contribution in [0, 0.1) is 6.92 Å². The van der Waals surface area contributed by atoms with Gasteiger partial charge in [0.2, 0.25) is 0 Å². The van der Waals surface area contributed by atoms with Crippen molar-refractivity contribution in [1.82, 2.24) is 0 Å². The summed E-state index contributed by atoms with van der Waals surface area (Å²) in [7, 11) is -3.16. The average Bonchev–Trinajstić information content (AvgIpc) is 2.75. The first kappa shape index (κ1) is 11.5. The molecule has 0 aliphatic heterocycles. The fraction of sp³-hybridized carbons (Fsp3) is 0.500. The first-order valence-corrected chi connectivity index (χ1v) is 7.16. The zero-order valence-corrected chi connectivity index (χ0v) is 10.3. The van der Waals surface area contributed by atoms with E-state index < -0.39 is 9.84 Å². The average molecular weight is 239 g/mol. The molecule has 1 aromatic rings. The van der Waals surface area contributed by atoms with Crippen LogP contribution < -0.4 is 5.73 Å². The van der Waals surface area contributed by atoms with Crippen LogP contribution in [0.5, 0.6) is 0 Å². The second kappa shape index (κ2) is 4.09. The normalized spacial score (nSPS) is 17.8. The van der Waals surface area contributed by atoms with Gasteiger partial charge in [0.15, 0.2) is 9.84 Å². The summed E-state index contributed by atoms with van der Waals surface area (Å²) in [5, 5.41) is -0.199. The van der Waals surface area contributed by atoms with Gasteiger partial charge in [-0.25, -0.2) is 8.42 Å². The van der Waals surface area contributed by atoms with Gasteiger partial charge in [0.25, 0.3) is 0 Å². The van der Waals surface area contributed by atoms with Crippen molar-refractivity contribution in [3.05, 3.63) is 23.8 Å². The lowest BCUT2D eigenvalue weighted by Crippen LogP contribution is -2.18. The van der Waals surface area contributed by atoms with Crippen molar-refractivity contribution in [3.63, 3.8) is 0 Å². The number of aryl methyl sites for hydroxylation is 1. The quantitative estimate of drug-likeness (QED) is 0.805. The zero-order chi connectivity index (χ0) is 11.8. The second-order valence-electron chi connectivity index (χ2n) is 4.47. The van der Waals surface area contributed by atoms with E-state index in [1.807, 2.05) is 6.92 Å². The molecule has 4 heteroatoms. The van der Waals surface area contributed by atoms with Gasteiger partial charge in [-0.1, -0.05) is 18.9 Å². The maximum atomic E-state index is 12.2. The van der Waals surface area contributed by atoms with Crippen LogP contribution in [0.1, 0.15) is 31.2 Å². The molecular formula is C12H17NO2S. The lowest BCUT2D eigenvalue weighted by molar-refractivity contribution is 0.579. The van der Waals surface area contributed by atoms with Crippen LogP contribution in [0.3, 0.4) is 0 Å². The molecule has 0 spiro atoms. The molecule has 0 saturated heterocycles. The van der Waals surface area contributed by atoms with E-state index in [0.717, 1.165) is 31.2 Å². The molecular weight excluding hydrogens is 222 g/mol. The van der Waals surface area contributed by atoms with Crippen LogP contribution in [-0.4, -0.2) is 13.7 Å². The fourth-order valence-electron chi connectivity index (χ4n) is 2.19. The highest BCUT2D eigenvalue weighted by Gasteiger charge is 2.30. The van der Waals surface area contributed by atoms with E-state index in [1.54, 1.807) is 18.2 Å². The molecule has 1 saturated carbocycles. The minimum atomic E-state index is -3.16. The molecule has 0 atom stereocenters. The number of nitrogens with two attached hydrogens (primary N) is 1. The Bertz CT molecular complexity index is 488. The summed E-state index contributed by atoms with van der Waals surface area (Å²) in [5.74, 6) is 0.